The Balaban J connectivity index is 1.09. The van der Waals surface area contributed by atoms with Crippen LogP contribution in [0.1, 0.15) is 24.8 Å². The van der Waals surface area contributed by atoms with Crippen LogP contribution in [-0.2, 0) is 14.3 Å². The molecule has 4 atom stereocenters. The first-order chi connectivity index (χ1) is 19.0. The number of aliphatic carboxylic acids is 1. The molecule has 2 saturated heterocycles. The molecule has 0 radical (unpaired) electrons. The molecule has 0 aliphatic carbocycles. The van der Waals surface area contributed by atoms with Crippen LogP contribution in [0.25, 0.3) is 33.5 Å². The minimum Gasteiger partial charge on any atom is -0.480 e. The van der Waals surface area contributed by atoms with Gasteiger partial charge in [0.1, 0.15) is 12.1 Å². The number of H-pyrrole nitrogens is 1. The molecule has 198 valence electrons. The third-order valence-corrected chi connectivity index (χ3v) is 7.84. The van der Waals surface area contributed by atoms with E-state index in [2.05, 4.69) is 15.0 Å². The molecule has 0 spiro atoms. The molecule has 3 aliphatic rings. The van der Waals surface area contributed by atoms with Crippen LogP contribution in [0.3, 0.4) is 0 Å². The molecule has 2 fully saturated rings. The molecular formula is C29H25ClN4O5. The zero-order chi connectivity index (χ0) is 26.5. The summed E-state index contributed by atoms with van der Waals surface area (Å²) in [6.07, 6.45) is 1.93. The number of aromatic nitrogens is 3. The number of nitrogens with zero attached hydrogens (tertiary/aromatic N) is 3. The van der Waals surface area contributed by atoms with Gasteiger partial charge in [-0.3, -0.25) is 4.99 Å². The van der Waals surface area contributed by atoms with Gasteiger partial charge < -0.3 is 24.3 Å². The van der Waals surface area contributed by atoms with Crippen molar-refractivity contribution in [3.8, 4) is 28.4 Å². The second-order valence-corrected chi connectivity index (χ2v) is 10.4. The first-order valence-electron chi connectivity index (χ1n) is 13.0. The fraction of sp³-hybridized carbons (Fsp3) is 0.310. The molecule has 10 heteroatoms. The van der Waals surface area contributed by atoms with Crippen LogP contribution in [0.15, 0.2) is 59.6 Å². The Morgan fingerprint density at radius 1 is 0.974 bits per heavy atom. The van der Waals surface area contributed by atoms with E-state index in [9.17, 15) is 9.90 Å². The molecule has 0 amide bonds. The van der Waals surface area contributed by atoms with Crippen LogP contribution in [0, 0.1) is 0 Å². The van der Waals surface area contributed by atoms with E-state index in [0.717, 1.165) is 34.4 Å². The van der Waals surface area contributed by atoms with Crippen LogP contribution >= 0.6 is 11.6 Å². The fourth-order valence-electron chi connectivity index (χ4n) is 5.49. The quantitative estimate of drug-likeness (QED) is 0.354. The van der Waals surface area contributed by atoms with E-state index in [0.29, 0.717) is 53.9 Å². The minimum atomic E-state index is -0.868. The summed E-state index contributed by atoms with van der Waals surface area (Å²) >= 11 is 6.62. The van der Waals surface area contributed by atoms with Crippen LogP contribution in [0.2, 0.25) is 5.02 Å². The summed E-state index contributed by atoms with van der Waals surface area (Å²) in [7, 11) is 0. The van der Waals surface area contributed by atoms with Crippen molar-refractivity contribution in [3.05, 3.63) is 65.2 Å². The molecule has 4 aromatic rings. The molecule has 5 heterocycles. The van der Waals surface area contributed by atoms with Gasteiger partial charge in [-0.05, 0) is 42.0 Å². The van der Waals surface area contributed by atoms with E-state index in [1.54, 1.807) is 0 Å². The van der Waals surface area contributed by atoms with E-state index in [1.165, 1.54) is 0 Å². The van der Waals surface area contributed by atoms with Crippen LogP contribution in [-0.4, -0.2) is 69.3 Å². The summed E-state index contributed by atoms with van der Waals surface area (Å²) in [5.74, 6) is -0.868. The number of benzene rings is 2. The number of hydrogen-bond donors (Lipinski definition) is 2. The maximum atomic E-state index is 11.2. The molecule has 9 nitrogen and oxygen atoms in total. The third-order valence-electron chi connectivity index (χ3n) is 7.55. The molecule has 7 rings (SSSR count). The van der Waals surface area contributed by atoms with E-state index >= 15 is 0 Å². The average Bonchev–Trinajstić information content (AvgIpc) is 3.74. The maximum Gasteiger partial charge on any atom is 0.328 e. The second kappa shape index (κ2) is 9.75. The number of ether oxygens (including phenoxy) is 3. The number of imidazole rings is 1. The largest absolute Gasteiger partial charge is 0.480 e. The molecule has 0 saturated carbocycles. The van der Waals surface area contributed by atoms with Crippen molar-refractivity contribution in [2.75, 3.05) is 13.2 Å². The number of pyridine rings is 1. The van der Waals surface area contributed by atoms with Crippen LogP contribution in [0.4, 0.5) is 0 Å². The number of carbonyl (C=O) groups is 1. The topological polar surface area (TPSA) is 119 Å². The Morgan fingerprint density at radius 3 is 2.41 bits per heavy atom. The Hall–Kier alpha value is -3.79. The number of aromatic amines is 1. The molecule has 2 aromatic carbocycles. The minimum absolute atomic E-state index is 0.0687. The van der Waals surface area contributed by atoms with E-state index in [1.807, 2.05) is 54.6 Å². The number of rotatable bonds is 6. The van der Waals surface area contributed by atoms with Gasteiger partial charge in [-0.1, -0.05) is 60.1 Å². The number of carboxylic acid groups (broad SMARTS) is 1. The van der Waals surface area contributed by atoms with Gasteiger partial charge in [0.15, 0.2) is 11.8 Å². The number of carboxylic acids is 1. The van der Waals surface area contributed by atoms with Gasteiger partial charge in [0.2, 0.25) is 0 Å². The Morgan fingerprint density at radius 2 is 1.69 bits per heavy atom. The van der Waals surface area contributed by atoms with E-state index < -0.39 is 12.0 Å². The van der Waals surface area contributed by atoms with Crippen molar-refractivity contribution in [1.82, 2.24) is 15.0 Å². The molecule has 3 aliphatic heterocycles. The number of fused-ring (bicyclic) bond motifs is 2. The number of hydrogen-bond acceptors (Lipinski definition) is 7. The number of halogens is 1. The third kappa shape index (κ3) is 4.56. The Bertz CT molecular complexity index is 1580. The zero-order valence-corrected chi connectivity index (χ0v) is 21.6. The van der Waals surface area contributed by atoms with Gasteiger partial charge in [-0.2, -0.15) is 4.98 Å². The van der Waals surface area contributed by atoms with Gasteiger partial charge in [-0.15, -0.1) is 0 Å². The van der Waals surface area contributed by atoms with E-state index in [4.69, 9.17) is 30.8 Å². The number of nitrogens with one attached hydrogen (secondary N) is 1. The van der Waals surface area contributed by atoms with Crippen molar-refractivity contribution < 1.29 is 24.1 Å². The lowest BCUT2D eigenvalue weighted by atomic mass is 9.99. The maximum absolute atomic E-state index is 11.2. The highest BCUT2D eigenvalue weighted by molar-refractivity contribution is 6.33. The van der Waals surface area contributed by atoms with Crippen LogP contribution in [0.5, 0.6) is 6.01 Å². The predicted octanol–water partition coefficient (Wildman–Crippen LogP) is 4.92. The van der Waals surface area contributed by atoms with E-state index in [-0.39, 0.29) is 18.3 Å². The monoisotopic (exact) mass is 544 g/mol. The average molecular weight is 545 g/mol. The highest BCUT2D eigenvalue weighted by Crippen LogP contribution is 2.33. The lowest BCUT2D eigenvalue weighted by Gasteiger charge is -2.15. The van der Waals surface area contributed by atoms with Gasteiger partial charge in [0, 0.05) is 17.9 Å². The molecule has 4 unspecified atom stereocenters. The lowest BCUT2D eigenvalue weighted by molar-refractivity contribution is -0.138. The smallest absolute Gasteiger partial charge is 0.328 e. The molecular weight excluding hydrogens is 520 g/mol. The summed E-state index contributed by atoms with van der Waals surface area (Å²) in [5.41, 5.74) is 6.62. The van der Waals surface area contributed by atoms with Crippen molar-refractivity contribution in [1.29, 1.82) is 0 Å². The second-order valence-electron chi connectivity index (χ2n) is 10.0. The first kappa shape index (κ1) is 24.3. The highest BCUT2D eigenvalue weighted by Gasteiger charge is 2.43. The van der Waals surface area contributed by atoms with Crippen molar-refractivity contribution in [3.63, 3.8) is 0 Å². The van der Waals surface area contributed by atoms with Gasteiger partial charge in [0.25, 0.3) is 6.01 Å². The Labute approximate surface area is 228 Å². The SMILES string of the molecule is O=C(O)C1CCC(c2ccc(-c3ccc(-c4nc5nc(OC6COC7CCOC76)[nH]c5cc4Cl)cc3)cc2)=N1. The summed E-state index contributed by atoms with van der Waals surface area (Å²) in [5, 5.41) is 9.70. The van der Waals surface area contributed by atoms with Gasteiger partial charge >= 0.3 is 5.97 Å². The Kier molecular flexibility index (Phi) is 6.07. The fourth-order valence-corrected chi connectivity index (χ4v) is 5.75. The van der Waals surface area contributed by atoms with Crippen molar-refractivity contribution in [2.24, 2.45) is 4.99 Å². The zero-order valence-electron chi connectivity index (χ0n) is 20.8. The molecule has 2 N–H and O–H groups in total. The first-order valence-corrected chi connectivity index (χ1v) is 13.4. The summed E-state index contributed by atoms with van der Waals surface area (Å²) in [6, 6.07) is 17.6. The highest BCUT2D eigenvalue weighted by atomic mass is 35.5. The normalized spacial score (nSPS) is 24.2. The summed E-state index contributed by atoms with van der Waals surface area (Å²) in [6.45, 7) is 1.16. The summed E-state index contributed by atoms with van der Waals surface area (Å²) < 4.78 is 17.6. The van der Waals surface area contributed by atoms with Crippen molar-refractivity contribution >= 4 is 34.4 Å². The number of aliphatic imine (C=N–C) groups is 1. The lowest BCUT2D eigenvalue weighted by Crippen LogP contribution is -2.32. The predicted molar refractivity (Wildman–Crippen MR) is 145 cm³/mol. The van der Waals surface area contributed by atoms with Crippen molar-refractivity contribution in [2.45, 2.75) is 43.6 Å². The standard InChI is InChI=1S/C29H25ClN4O5/c30-19-13-22-27(34-29(32-22)39-24-14-38-23-11-12-37-26(23)24)33-25(19)18-7-3-16(4-8-18)15-1-5-17(6-2-15)20-9-10-21(31-20)28(35)36/h1-8,13,21,23-24,26H,9-12,14H2,(H,35,36)(H,32,33,34). The van der Waals surface area contributed by atoms with Crippen LogP contribution < -0.4 is 4.74 Å². The van der Waals surface area contributed by atoms with Gasteiger partial charge in [0.05, 0.1) is 28.9 Å². The molecule has 39 heavy (non-hydrogen) atoms. The molecule has 2 aromatic heterocycles. The summed E-state index contributed by atoms with van der Waals surface area (Å²) in [4.78, 5) is 27.9. The molecule has 0 bridgehead atoms. The van der Waals surface area contributed by atoms with Gasteiger partial charge in [-0.25, -0.2) is 9.78 Å².